The molecule has 1 aliphatic carbocycles. The highest BCUT2D eigenvalue weighted by molar-refractivity contribution is 14.0. The minimum absolute atomic E-state index is 0. The van der Waals surface area contributed by atoms with E-state index in [9.17, 15) is 4.39 Å². The van der Waals surface area contributed by atoms with Crippen LogP contribution in [0.1, 0.15) is 44.6 Å². The molecule has 2 rings (SSSR count). The van der Waals surface area contributed by atoms with Gasteiger partial charge in [-0.15, -0.1) is 24.0 Å². The second-order valence-electron chi connectivity index (χ2n) is 6.44. The van der Waals surface area contributed by atoms with Crippen LogP contribution in [-0.4, -0.2) is 39.3 Å². The van der Waals surface area contributed by atoms with Crippen molar-refractivity contribution in [2.45, 2.75) is 44.4 Å². The van der Waals surface area contributed by atoms with Gasteiger partial charge in [0, 0.05) is 32.2 Å². The number of nitrogens with zero attached hydrogens (tertiary/aromatic N) is 1. The lowest BCUT2D eigenvalue weighted by Crippen LogP contribution is -2.38. The van der Waals surface area contributed by atoms with Crippen LogP contribution in [0.5, 0.6) is 0 Å². The number of hydrogen-bond donors (Lipinski definition) is 2. The Morgan fingerprint density at radius 1 is 1.20 bits per heavy atom. The van der Waals surface area contributed by atoms with E-state index in [0.717, 1.165) is 63.3 Å². The van der Waals surface area contributed by atoms with Gasteiger partial charge in [0.2, 0.25) is 0 Å². The molecule has 4 nitrogen and oxygen atoms in total. The van der Waals surface area contributed by atoms with E-state index >= 15 is 0 Å². The first-order valence-corrected chi connectivity index (χ1v) is 8.98. The zero-order valence-electron chi connectivity index (χ0n) is 15.3. The van der Waals surface area contributed by atoms with Crippen LogP contribution in [-0.2, 0) is 10.2 Å². The number of guanidine groups is 1. The number of hydrogen-bond acceptors (Lipinski definition) is 2. The highest BCUT2D eigenvalue weighted by atomic mass is 127. The maximum absolute atomic E-state index is 14.1. The molecule has 1 aromatic carbocycles. The number of halogens is 2. The number of unbranched alkanes of at least 4 members (excludes halogenated alkanes) is 2. The fourth-order valence-corrected chi connectivity index (χ4v) is 2.88. The predicted molar refractivity (Wildman–Crippen MR) is 112 cm³/mol. The first kappa shape index (κ1) is 22.2. The van der Waals surface area contributed by atoms with Crippen molar-refractivity contribution in [3.8, 4) is 0 Å². The molecule has 1 aromatic rings. The Balaban J connectivity index is 0.00000312. The fourth-order valence-electron chi connectivity index (χ4n) is 2.88. The third-order valence-corrected chi connectivity index (χ3v) is 4.50. The minimum Gasteiger partial charge on any atom is -0.385 e. The van der Waals surface area contributed by atoms with Crippen LogP contribution in [0, 0.1) is 5.82 Å². The summed E-state index contributed by atoms with van der Waals surface area (Å²) in [5.74, 6) is 0.716. The first-order valence-electron chi connectivity index (χ1n) is 8.98. The Labute approximate surface area is 168 Å². The van der Waals surface area contributed by atoms with Gasteiger partial charge < -0.3 is 15.4 Å². The summed E-state index contributed by atoms with van der Waals surface area (Å²) in [6, 6.07) is 7.09. The van der Waals surface area contributed by atoms with Gasteiger partial charge in [-0.25, -0.2) is 4.39 Å². The highest BCUT2D eigenvalue weighted by Crippen LogP contribution is 2.49. The molecule has 0 spiro atoms. The molecular weight excluding hydrogens is 432 g/mol. The molecule has 0 aromatic heterocycles. The lowest BCUT2D eigenvalue weighted by molar-refractivity contribution is 0.192. The van der Waals surface area contributed by atoms with Crippen molar-refractivity contribution >= 4 is 29.9 Å². The topological polar surface area (TPSA) is 45.7 Å². The Kier molecular flexibility index (Phi) is 10.3. The van der Waals surface area contributed by atoms with Crippen LogP contribution in [0.15, 0.2) is 29.3 Å². The highest BCUT2D eigenvalue weighted by Gasteiger charge is 2.45. The first-order chi connectivity index (χ1) is 11.7. The molecule has 0 amide bonds. The number of methoxy groups -OCH3 is 1. The van der Waals surface area contributed by atoms with Gasteiger partial charge in [0.1, 0.15) is 5.82 Å². The van der Waals surface area contributed by atoms with Gasteiger partial charge in [0.15, 0.2) is 5.96 Å². The summed E-state index contributed by atoms with van der Waals surface area (Å²) in [6.07, 6.45) is 5.33. The minimum atomic E-state index is -0.110. The molecule has 142 valence electrons. The quantitative estimate of drug-likeness (QED) is 0.240. The molecule has 2 N–H and O–H groups in total. The number of benzene rings is 1. The van der Waals surface area contributed by atoms with Crippen LogP contribution in [0.3, 0.4) is 0 Å². The van der Waals surface area contributed by atoms with Crippen LogP contribution in [0.25, 0.3) is 0 Å². The summed E-state index contributed by atoms with van der Waals surface area (Å²) in [4.78, 5) is 4.70. The van der Waals surface area contributed by atoms with Gasteiger partial charge in [-0.1, -0.05) is 18.2 Å². The summed E-state index contributed by atoms with van der Waals surface area (Å²) in [5, 5.41) is 6.64. The Hall–Kier alpha value is -0.890. The largest absolute Gasteiger partial charge is 0.385 e. The lowest BCUT2D eigenvalue weighted by atomic mass is 9.95. The Morgan fingerprint density at radius 3 is 2.60 bits per heavy atom. The Morgan fingerprint density at radius 2 is 1.96 bits per heavy atom. The van der Waals surface area contributed by atoms with E-state index in [4.69, 9.17) is 9.73 Å². The summed E-state index contributed by atoms with van der Waals surface area (Å²) >= 11 is 0. The number of rotatable bonds is 10. The van der Waals surface area contributed by atoms with E-state index < -0.39 is 0 Å². The van der Waals surface area contributed by atoms with Crippen molar-refractivity contribution < 1.29 is 9.13 Å². The van der Waals surface area contributed by atoms with E-state index in [0.29, 0.717) is 6.54 Å². The molecule has 25 heavy (non-hydrogen) atoms. The molecule has 6 heteroatoms. The van der Waals surface area contributed by atoms with Crippen LogP contribution >= 0.6 is 24.0 Å². The maximum atomic E-state index is 14.1. The molecule has 0 atom stereocenters. The zero-order valence-corrected chi connectivity index (χ0v) is 17.6. The van der Waals surface area contributed by atoms with Gasteiger partial charge >= 0.3 is 0 Å². The van der Waals surface area contributed by atoms with Crippen molar-refractivity contribution in [2.75, 3.05) is 33.4 Å². The third-order valence-electron chi connectivity index (χ3n) is 4.50. The van der Waals surface area contributed by atoms with Crippen molar-refractivity contribution in [2.24, 2.45) is 4.99 Å². The van der Waals surface area contributed by atoms with Crippen molar-refractivity contribution in [1.29, 1.82) is 0 Å². The molecule has 0 heterocycles. The molecule has 0 unspecified atom stereocenters. The molecule has 0 saturated heterocycles. The summed E-state index contributed by atoms with van der Waals surface area (Å²) in [7, 11) is 1.73. The van der Waals surface area contributed by atoms with Gasteiger partial charge in [-0.05, 0) is 50.7 Å². The van der Waals surface area contributed by atoms with Crippen molar-refractivity contribution in [3.63, 3.8) is 0 Å². The second-order valence-corrected chi connectivity index (χ2v) is 6.44. The molecule has 0 bridgehead atoms. The van der Waals surface area contributed by atoms with Crippen molar-refractivity contribution in [3.05, 3.63) is 35.6 Å². The van der Waals surface area contributed by atoms with Crippen LogP contribution < -0.4 is 10.6 Å². The summed E-state index contributed by atoms with van der Waals surface area (Å²) < 4.78 is 19.1. The monoisotopic (exact) mass is 463 g/mol. The molecule has 0 radical (unpaired) electrons. The zero-order chi connectivity index (χ0) is 17.3. The second kappa shape index (κ2) is 11.7. The van der Waals surface area contributed by atoms with E-state index in [-0.39, 0.29) is 35.2 Å². The van der Waals surface area contributed by atoms with Gasteiger partial charge in [0.25, 0.3) is 0 Å². The fraction of sp³-hybridized carbons (Fsp3) is 0.632. The summed E-state index contributed by atoms with van der Waals surface area (Å²) in [5.41, 5.74) is 0.704. The van der Waals surface area contributed by atoms with Gasteiger partial charge in [-0.3, -0.25) is 4.99 Å². The van der Waals surface area contributed by atoms with Crippen LogP contribution in [0.2, 0.25) is 0 Å². The van der Waals surface area contributed by atoms with E-state index in [1.165, 1.54) is 0 Å². The average Bonchev–Trinajstić information content (AvgIpc) is 3.37. The van der Waals surface area contributed by atoms with E-state index in [2.05, 4.69) is 17.6 Å². The van der Waals surface area contributed by atoms with Crippen molar-refractivity contribution in [1.82, 2.24) is 10.6 Å². The summed E-state index contributed by atoms with van der Waals surface area (Å²) in [6.45, 7) is 5.22. The molecule has 0 aliphatic heterocycles. The number of nitrogens with one attached hydrogen (secondary N) is 2. The third kappa shape index (κ3) is 7.09. The lowest BCUT2D eigenvalue weighted by Gasteiger charge is -2.16. The van der Waals surface area contributed by atoms with Gasteiger partial charge in [-0.2, -0.15) is 0 Å². The van der Waals surface area contributed by atoms with Gasteiger partial charge in [0.05, 0.1) is 6.54 Å². The predicted octanol–water partition coefficient (Wildman–Crippen LogP) is 3.85. The van der Waals surface area contributed by atoms with E-state index in [1.54, 1.807) is 19.2 Å². The molecule has 1 saturated carbocycles. The number of aliphatic imine (C=N–C) groups is 1. The standard InChI is InChI=1S/C19H30FN3O.HI/c1-3-21-18(22-13-7-4-8-14-24-2)23-15-19(11-12-19)16-9-5-6-10-17(16)20;/h5-6,9-10H,3-4,7-8,11-15H2,1-2H3,(H2,21,22,23);1H. The SMILES string of the molecule is CCNC(=NCC1(c2ccccc2F)CC1)NCCCCCOC.I. The normalized spacial score (nSPS) is 15.4. The molecule has 1 fully saturated rings. The average molecular weight is 463 g/mol. The maximum Gasteiger partial charge on any atom is 0.191 e. The van der Waals surface area contributed by atoms with Crippen LogP contribution in [0.4, 0.5) is 4.39 Å². The molecule has 1 aliphatic rings. The Bertz CT molecular complexity index is 535. The molecular formula is C19H31FIN3O. The smallest absolute Gasteiger partial charge is 0.191 e. The van der Waals surface area contributed by atoms with E-state index in [1.807, 2.05) is 12.1 Å². The number of ether oxygens (including phenoxy) is 1.